The third-order valence-electron chi connectivity index (χ3n) is 3.99. The molecule has 25 heavy (non-hydrogen) atoms. The molecule has 134 valence electrons. The number of hydrogen-bond donors (Lipinski definition) is 2. The van der Waals surface area contributed by atoms with E-state index in [1.54, 1.807) is 22.6 Å². The van der Waals surface area contributed by atoms with Gasteiger partial charge in [-0.2, -0.15) is 0 Å². The number of benzene rings is 1. The lowest BCUT2D eigenvalue weighted by Gasteiger charge is -2.22. The van der Waals surface area contributed by atoms with Gasteiger partial charge < -0.3 is 10.6 Å². The first-order chi connectivity index (χ1) is 12.0. The number of carbonyl (C=O) groups excluding carboxylic acids is 1. The zero-order chi connectivity index (χ0) is 17.8. The van der Waals surface area contributed by atoms with E-state index >= 15 is 0 Å². The van der Waals surface area contributed by atoms with E-state index < -0.39 is 0 Å². The molecule has 1 aromatic heterocycles. The van der Waals surface area contributed by atoms with Crippen molar-refractivity contribution in [3.05, 3.63) is 35.1 Å². The Morgan fingerprint density at radius 3 is 2.88 bits per heavy atom. The number of anilines is 1. The van der Waals surface area contributed by atoms with E-state index in [1.807, 2.05) is 18.2 Å². The average Bonchev–Trinajstić information content (AvgIpc) is 3.09. The van der Waals surface area contributed by atoms with E-state index in [-0.39, 0.29) is 5.91 Å². The van der Waals surface area contributed by atoms with E-state index in [4.69, 9.17) is 11.6 Å². The highest BCUT2D eigenvalue weighted by Gasteiger charge is 2.20. The summed E-state index contributed by atoms with van der Waals surface area (Å²) in [5.41, 5.74) is 1.02. The fraction of sp³-hybridized carbons (Fsp3) is 0.471. The molecule has 8 heteroatoms. The van der Waals surface area contributed by atoms with Crippen molar-refractivity contribution in [1.82, 2.24) is 20.3 Å². The van der Waals surface area contributed by atoms with Gasteiger partial charge in [0.1, 0.15) is 0 Å². The fourth-order valence-corrected chi connectivity index (χ4v) is 3.99. The summed E-state index contributed by atoms with van der Waals surface area (Å²) in [6.45, 7) is 6.10. The Kier molecular flexibility index (Phi) is 5.98. The van der Waals surface area contributed by atoms with Crippen LogP contribution >= 0.6 is 23.4 Å². The molecule has 0 saturated carbocycles. The van der Waals surface area contributed by atoms with Crippen LogP contribution in [0.3, 0.4) is 0 Å². The molecule has 1 fully saturated rings. The normalized spacial score (nSPS) is 15.5. The van der Waals surface area contributed by atoms with Gasteiger partial charge >= 0.3 is 0 Å². The summed E-state index contributed by atoms with van der Waals surface area (Å²) < 4.78 is 1.80. The summed E-state index contributed by atoms with van der Waals surface area (Å²) in [4.78, 5) is 13.4. The first-order valence-electron chi connectivity index (χ1n) is 8.43. The van der Waals surface area contributed by atoms with Crippen molar-refractivity contribution in [2.24, 2.45) is 0 Å². The summed E-state index contributed by atoms with van der Waals surface area (Å²) in [5.74, 6) is -0.270. The van der Waals surface area contributed by atoms with Gasteiger partial charge in [-0.05, 0) is 38.1 Å². The van der Waals surface area contributed by atoms with Crippen molar-refractivity contribution in [1.29, 1.82) is 0 Å². The Bertz CT molecular complexity index is 742. The second kappa shape index (κ2) is 8.21. The Hall–Kier alpha value is -1.57. The molecule has 0 spiro atoms. The summed E-state index contributed by atoms with van der Waals surface area (Å²) in [7, 11) is 0. The molecule has 1 aliphatic heterocycles. The lowest BCUT2D eigenvalue weighted by molar-refractivity contribution is 0.102. The standard InChI is InChI=1S/C17H22ClN5OS/c1-11(2)25-16-13(18)4-3-5-14(16)20-17(24)15-10-23(22-21-15)12-6-8-19-9-7-12/h3-5,10-12,19H,6-9H2,1-2H3,(H,20,24). The molecule has 0 atom stereocenters. The molecule has 2 N–H and O–H groups in total. The summed E-state index contributed by atoms with van der Waals surface area (Å²) in [5, 5.41) is 15.4. The van der Waals surface area contributed by atoms with Crippen LogP contribution in [0.15, 0.2) is 29.3 Å². The summed E-state index contributed by atoms with van der Waals surface area (Å²) >= 11 is 7.92. The highest BCUT2D eigenvalue weighted by molar-refractivity contribution is 8.00. The molecular formula is C17H22ClN5OS. The molecule has 1 saturated heterocycles. The molecule has 0 unspecified atom stereocenters. The molecule has 6 nitrogen and oxygen atoms in total. The van der Waals surface area contributed by atoms with E-state index in [0.717, 1.165) is 30.8 Å². The predicted octanol–water partition coefficient (Wildman–Crippen LogP) is 3.61. The van der Waals surface area contributed by atoms with E-state index in [2.05, 4.69) is 34.8 Å². The SMILES string of the molecule is CC(C)Sc1c(Cl)cccc1NC(=O)c1cn(C2CCNCC2)nn1. The van der Waals surface area contributed by atoms with Crippen LogP contribution in [0, 0.1) is 0 Å². The molecular weight excluding hydrogens is 358 g/mol. The number of amides is 1. The topological polar surface area (TPSA) is 71.8 Å². The Balaban J connectivity index is 1.74. The zero-order valence-corrected chi connectivity index (χ0v) is 15.9. The highest BCUT2D eigenvalue weighted by atomic mass is 35.5. The quantitative estimate of drug-likeness (QED) is 0.776. The molecule has 1 aliphatic rings. The van der Waals surface area contributed by atoms with Gasteiger partial charge in [0.15, 0.2) is 5.69 Å². The Morgan fingerprint density at radius 1 is 1.40 bits per heavy atom. The number of hydrogen-bond acceptors (Lipinski definition) is 5. The third-order valence-corrected chi connectivity index (χ3v) is 5.57. The number of aromatic nitrogens is 3. The van der Waals surface area contributed by atoms with E-state index in [9.17, 15) is 4.79 Å². The smallest absolute Gasteiger partial charge is 0.277 e. The van der Waals surface area contributed by atoms with Gasteiger partial charge in [-0.15, -0.1) is 16.9 Å². The first-order valence-corrected chi connectivity index (χ1v) is 9.69. The van der Waals surface area contributed by atoms with Gasteiger partial charge in [0, 0.05) is 10.1 Å². The maximum Gasteiger partial charge on any atom is 0.277 e. The number of nitrogens with one attached hydrogen (secondary N) is 2. The number of rotatable bonds is 5. The van der Waals surface area contributed by atoms with Crippen molar-refractivity contribution in [3.8, 4) is 0 Å². The van der Waals surface area contributed by atoms with Crippen LogP contribution in [0.4, 0.5) is 5.69 Å². The van der Waals surface area contributed by atoms with Gasteiger partial charge in [0.25, 0.3) is 5.91 Å². The van der Waals surface area contributed by atoms with Crippen LogP contribution in [0.1, 0.15) is 43.2 Å². The van der Waals surface area contributed by atoms with Crippen molar-refractivity contribution in [2.45, 2.75) is 42.9 Å². The van der Waals surface area contributed by atoms with Crippen LogP contribution in [0.5, 0.6) is 0 Å². The first kappa shape index (κ1) is 18.2. The van der Waals surface area contributed by atoms with Crippen LogP contribution in [0.25, 0.3) is 0 Å². The molecule has 0 aliphatic carbocycles. The zero-order valence-electron chi connectivity index (χ0n) is 14.3. The Morgan fingerprint density at radius 2 is 2.16 bits per heavy atom. The number of halogens is 1. The van der Waals surface area contributed by atoms with Crippen LogP contribution in [-0.2, 0) is 0 Å². The van der Waals surface area contributed by atoms with Crippen molar-refractivity contribution in [3.63, 3.8) is 0 Å². The largest absolute Gasteiger partial charge is 0.319 e. The van der Waals surface area contributed by atoms with E-state index in [0.29, 0.717) is 27.7 Å². The minimum absolute atomic E-state index is 0.270. The van der Waals surface area contributed by atoms with Crippen LogP contribution in [0.2, 0.25) is 5.02 Å². The number of thioether (sulfide) groups is 1. The van der Waals surface area contributed by atoms with Crippen LogP contribution < -0.4 is 10.6 Å². The summed E-state index contributed by atoms with van der Waals surface area (Å²) in [6.07, 6.45) is 3.72. The predicted molar refractivity (Wildman–Crippen MR) is 102 cm³/mol. The number of carbonyl (C=O) groups is 1. The van der Waals surface area contributed by atoms with Gasteiger partial charge in [-0.25, -0.2) is 4.68 Å². The fourth-order valence-electron chi connectivity index (χ4n) is 2.78. The maximum absolute atomic E-state index is 12.6. The van der Waals surface area contributed by atoms with Gasteiger partial charge in [0.2, 0.25) is 0 Å². The molecule has 3 rings (SSSR count). The van der Waals surface area contributed by atoms with Gasteiger partial charge in [-0.3, -0.25) is 4.79 Å². The summed E-state index contributed by atoms with van der Waals surface area (Å²) in [6, 6.07) is 5.81. The van der Waals surface area contributed by atoms with Gasteiger partial charge in [0.05, 0.1) is 22.9 Å². The third kappa shape index (κ3) is 4.54. The minimum Gasteiger partial charge on any atom is -0.319 e. The lowest BCUT2D eigenvalue weighted by atomic mass is 10.1. The van der Waals surface area contributed by atoms with Crippen molar-refractivity contribution >= 4 is 35.0 Å². The second-order valence-electron chi connectivity index (χ2n) is 6.30. The minimum atomic E-state index is -0.270. The van der Waals surface area contributed by atoms with Gasteiger partial charge in [-0.1, -0.05) is 36.7 Å². The maximum atomic E-state index is 12.6. The molecule has 1 amide bonds. The molecule has 0 bridgehead atoms. The monoisotopic (exact) mass is 379 g/mol. The van der Waals surface area contributed by atoms with E-state index in [1.165, 1.54) is 0 Å². The van der Waals surface area contributed by atoms with Crippen LogP contribution in [-0.4, -0.2) is 39.2 Å². The molecule has 2 heterocycles. The van der Waals surface area contributed by atoms with Crippen molar-refractivity contribution in [2.75, 3.05) is 18.4 Å². The lowest BCUT2D eigenvalue weighted by Crippen LogP contribution is -2.29. The second-order valence-corrected chi connectivity index (χ2v) is 8.30. The Labute approximate surface area is 156 Å². The average molecular weight is 380 g/mol. The molecule has 0 radical (unpaired) electrons. The van der Waals surface area contributed by atoms with Crippen molar-refractivity contribution < 1.29 is 4.79 Å². The highest BCUT2D eigenvalue weighted by Crippen LogP contribution is 2.36. The molecule has 2 aromatic rings. The number of nitrogens with zero attached hydrogens (tertiary/aromatic N) is 3. The number of piperidine rings is 1. The molecule has 1 aromatic carbocycles.